The van der Waals surface area contributed by atoms with Crippen LogP contribution in [-0.2, 0) is 11.3 Å². The van der Waals surface area contributed by atoms with Crippen molar-refractivity contribution in [2.75, 3.05) is 7.11 Å². The maximum absolute atomic E-state index is 11.6. The molecule has 1 aliphatic rings. The molecule has 1 fully saturated rings. The molecule has 1 aromatic carbocycles. The predicted octanol–water partition coefficient (Wildman–Crippen LogP) is 2.33. The Labute approximate surface area is 95.3 Å². The van der Waals surface area contributed by atoms with E-state index >= 15 is 0 Å². The highest BCUT2D eigenvalue weighted by molar-refractivity contribution is 5.81. The van der Waals surface area contributed by atoms with Gasteiger partial charge >= 0.3 is 0 Å². The SMILES string of the molecule is C=C1CCC(=O)N1Cc1cccc(OC)c1. The first kappa shape index (κ1) is 10.7. The van der Waals surface area contributed by atoms with Gasteiger partial charge in [0.25, 0.3) is 0 Å². The summed E-state index contributed by atoms with van der Waals surface area (Å²) in [7, 11) is 1.64. The maximum Gasteiger partial charge on any atom is 0.227 e. The number of hydrogen-bond acceptors (Lipinski definition) is 2. The fourth-order valence-electron chi connectivity index (χ4n) is 1.85. The molecule has 1 heterocycles. The van der Waals surface area contributed by atoms with Crippen LogP contribution in [0.15, 0.2) is 36.5 Å². The molecule has 1 amide bonds. The second-order valence-corrected chi connectivity index (χ2v) is 3.90. The quantitative estimate of drug-likeness (QED) is 0.777. The first-order valence-electron chi connectivity index (χ1n) is 5.32. The highest BCUT2D eigenvalue weighted by atomic mass is 16.5. The lowest BCUT2D eigenvalue weighted by atomic mass is 10.2. The molecule has 3 nitrogen and oxygen atoms in total. The van der Waals surface area contributed by atoms with Crippen molar-refractivity contribution in [1.29, 1.82) is 0 Å². The molecular formula is C13H15NO2. The molecule has 0 unspecified atom stereocenters. The fourth-order valence-corrected chi connectivity index (χ4v) is 1.85. The number of ether oxygens (including phenoxy) is 1. The van der Waals surface area contributed by atoms with Gasteiger partial charge in [0, 0.05) is 12.1 Å². The van der Waals surface area contributed by atoms with E-state index in [1.165, 1.54) is 0 Å². The number of amides is 1. The Morgan fingerprint density at radius 3 is 2.88 bits per heavy atom. The lowest BCUT2D eigenvalue weighted by Gasteiger charge is -2.17. The van der Waals surface area contributed by atoms with E-state index in [9.17, 15) is 4.79 Å². The van der Waals surface area contributed by atoms with Crippen LogP contribution in [0.2, 0.25) is 0 Å². The number of rotatable bonds is 3. The summed E-state index contributed by atoms with van der Waals surface area (Å²) in [5.74, 6) is 0.975. The zero-order valence-electron chi connectivity index (χ0n) is 9.40. The summed E-state index contributed by atoms with van der Waals surface area (Å²) in [6.07, 6.45) is 1.37. The molecule has 3 heteroatoms. The summed E-state index contributed by atoms with van der Waals surface area (Å²) in [5.41, 5.74) is 1.98. The highest BCUT2D eigenvalue weighted by Gasteiger charge is 2.23. The molecule has 0 radical (unpaired) electrons. The Morgan fingerprint density at radius 2 is 2.25 bits per heavy atom. The van der Waals surface area contributed by atoms with E-state index in [-0.39, 0.29) is 5.91 Å². The van der Waals surface area contributed by atoms with Crippen LogP contribution < -0.4 is 4.74 Å². The molecule has 0 atom stereocenters. The number of carbonyl (C=O) groups excluding carboxylic acids is 1. The first-order valence-corrected chi connectivity index (χ1v) is 5.32. The van der Waals surface area contributed by atoms with E-state index in [1.807, 2.05) is 24.3 Å². The molecule has 1 aliphatic heterocycles. The molecule has 1 saturated heterocycles. The van der Waals surface area contributed by atoms with Crippen LogP contribution in [0.4, 0.5) is 0 Å². The number of likely N-dealkylation sites (tertiary alicyclic amines) is 1. The number of carbonyl (C=O) groups is 1. The second-order valence-electron chi connectivity index (χ2n) is 3.90. The van der Waals surface area contributed by atoms with Crippen LogP contribution in [0.5, 0.6) is 5.75 Å². The zero-order chi connectivity index (χ0) is 11.5. The monoisotopic (exact) mass is 217 g/mol. The number of allylic oxidation sites excluding steroid dienone is 1. The van der Waals surface area contributed by atoms with Gasteiger partial charge in [-0.25, -0.2) is 0 Å². The summed E-state index contributed by atoms with van der Waals surface area (Å²) in [4.78, 5) is 13.3. The van der Waals surface area contributed by atoms with E-state index in [2.05, 4.69) is 6.58 Å². The summed E-state index contributed by atoms with van der Waals surface area (Å²) in [6, 6.07) is 7.75. The van der Waals surface area contributed by atoms with Crippen molar-refractivity contribution in [3.63, 3.8) is 0 Å². The third-order valence-corrected chi connectivity index (χ3v) is 2.79. The predicted molar refractivity (Wildman–Crippen MR) is 61.9 cm³/mol. The average Bonchev–Trinajstić information content (AvgIpc) is 2.61. The van der Waals surface area contributed by atoms with Gasteiger partial charge in [0.2, 0.25) is 5.91 Å². The van der Waals surface area contributed by atoms with Crippen LogP contribution in [-0.4, -0.2) is 17.9 Å². The van der Waals surface area contributed by atoms with Crippen molar-refractivity contribution >= 4 is 5.91 Å². The van der Waals surface area contributed by atoms with Crippen molar-refractivity contribution < 1.29 is 9.53 Å². The van der Waals surface area contributed by atoms with Crippen molar-refractivity contribution in [2.45, 2.75) is 19.4 Å². The zero-order valence-corrected chi connectivity index (χ0v) is 9.40. The molecule has 1 aromatic rings. The molecule has 0 aromatic heterocycles. The molecule has 16 heavy (non-hydrogen) atoms. The Bertz CT molecular complexity index is 410. The van der Waals surface area contributed by atoms with Crippen LogP contribution >= 0.6 is 0 Å². The maximum atomic E-state index is 11.6. The fraction of sp³-hybridized carbons (Fsp3) is 0.308. The third kappa shape index (κ3) is 2.08. The van der Waals surface area contributed by atoms with Crippen molar-refractivity contribution in [1.82, 2.24) is 4.90 Å². The van der Waals surface area contributed by atoms with Gasteiger partial charge in [-0.2, -0.15) is 0 Å². The van der Waals surface area contributed by atoms with Crippen molar-refractivity contribution in [3.05, 3.63) is 42.1 Å². The smallest absolute Gasteiger partial charge is 0.227 e. The molecule has 0 saturated carbocycles. The Hall–Kier alpha value is -1.77. The summed E-state index contributed by atoms with van der Waals surface area (Å²) < 4.78 is 5.15. The first-order chi connectivity index (χ1) is 7.70. The lowest BCUT2D eigenvalue weighted by molar-refractivity contribution is -0.127. The minimum Gasteiger partial charge on any atom is -0.497 e. The van der Waals surface area contributed by atoms with Crippen molar-refractivity contribution in [2.24, 2.45) is 0 Å². The van der Waals surface area contributed by atoms with Gasteiger partial charge in [-0.05, 0) is 24.1 Å². The van der Waals surface area contributed by atoms with E-state index in [0.29, 0.717) is 13.0 Å². The average molecular weight is 217 g/mol. The second kappa shape index (κ2) is 4.39. The summed E-state index contributed by atoms with van der Waals surface area (Å²) in [6.45, 7) is 4.49. The van der Waals surface area contributed by atoms with Crippen LogP contribution in [0, 0.1) is 0 Å². The van der Waals surface area contributed by atoms with Gasteiger partial charge in [0.1, 0.15) is 5.75 Å². The topological polar surface area (TPSA) is 29.5 Å². The molecule has 0 aliphatic carbocycles. The molecule has 0 bridgehead atoms. The minimum absolute atomic E-state index is 0.160. The van der Waals surface area contributed by atoms with E-state index < -0.39 is 0 Å². The van der Waals surface area contributed by atoms with Gasteiger partial charge in [-0.3, -0.25) is 4.79 Å². The van der Waals surface area contributed by atoms with Crippen LogP contribution in [0.25, 0.3) is 0 Å². The van der Waals surface area contributed by atoms with Gasteiger partial charge in [-0.1, -0.05) is 18.7 Å². The molecule has 0 spiro atoms. The number of methoxy groups -OCH3 is 1. The van der Waals surface area contributed by atoms with Gasteiger partial charge in [0.05, 0.1) is 13.7 Å². The normalized spacial score (nSPS) is 15.7. The van der Waals surface area contributed by atoms with Crippen LogP contribution in [0.1, 0.15) is 18.4 Å². The number of hydrogen-bond donors (Lipinski definition) is 0. The molecule has 0 N–H and O–H groups in total. The Balaban J connectivity index is 2.14. The van der Waals surface area contributed by atoms with Gasteiger partial charge in [0.15, 0.2) is 0 Å². The number of benzene rings is 1. The lowest BCUT2D eigenvalue weighted by Crippen LogP contribution is -2.22. The third-order valence-electron chi connectivity index (χ3n) is 2.79. The number of nitrogens with zero attached hydrogens (tertiary/aromatic N) is 1. The molecule has 2 rings (SSSR count). The Morgan fingerprint density at radius 1 is 1.44 bits per heavy atom. The van der Waals surface area contributed by atoms with E-state index in [0.717, 1.165) is 23.4 Å². The Kier molecular flexibility index (Phi) is 2.95. The summed E-state index contributed by atoms with van der Waals surface area (Å²) in [5, 5.41) is 0. The van der Waals surface area contributed by atoms with Gasteiger partial charge < -0.3 is 9.64 Å². The minimum atomic E-state index is 0.160. The van der Waals surface area contributed by atoms with Crippen LogP contribution in [0.3, 0.4) is 0 Å². The van der Waals surface area contributed by atoms with Gasteiger partial charge in [-0.15, -0.1) is 0 Å². The van der Waals surface area contributed by atoms with Crippen molar-refractivity contribution in [3.8, 4) is 5.75 Å². The highest BCUT2D eigenvalue weighted by Crippen LogP contribution is 2.24. The summed E-state index contributed by atoms with van der Waals surface area (Å²) >= 11 is 0. The molecular weight excluding hydrogens is 202 g/mol. The standard InChI is InChI=1S/C13H15NO2/c1-10-6-7-13(15)14(10)9-11-4-3-5-12(8-11)16-2/h3-5,8H,1,6-7,9H2,2H3. The van der Waals surface area contributed by atoms with E-state index in [4.69, 9.17) is 4.74 Å². The largest absolute Gasteiger partial charge is 0.497 e. The molecule has 84 valence electrons. The van der Waals surface area contributed by atoms with E-state index in [1.54, 1.807) is 12.0 Å².